The molecule has 0 atom stereocenters. The smallest absolute Gasteiger partial charge is 0.271 e. The van der Waals surface area contributed by atoms with Gasteiger partial charge in [0.1, 0.15) is 11.5 Å². The van der Waals surface area contributed by atoms with E-state index in [2.05, 4.69) is 26.5 Å². The maximum absolute atomic E-state index is 11.9. The largest absolute Gasteiger partial charge is 0.455 e. The first-order valence-electron chi connectivity index (χ1n) is 7.46. The van der Waals surface area contributed by atoms with E-state index >= 15 is 0 Å². The van der Waals surface area contributed by atoms with Gasteiger partial charge in [0.25, 0.3) is 11.6 Å². The second-order valence-electron chi connectivity index (χ2n) is 5.22. The zero-order valence-electron chi connectivity index (χ0n) is 13.3. The molecule has 0 spiro atoms. The number of nitro benzene ring substituents is 1. The summed E-state index contributed by atoms with van der Waals surface area (Å²) in [6, 6.07) is 16.3. The number of amides is 1. The molecule has 0 aliphatic heterocycles. The van der Waals surface area contributed by atoms with Crippen molar-refractivity contribution in [3.63, 3.8) is 0 Å². The molecule has 0 saturated heterocycles. The summed E-state index contributed by atoms with van der Waals surface area (Å²) in [4.78, 5) is 22.3. The van der Waals surface area contributed by atoms with E-state index in [0.717, 1.165) is 4.47 Å². The first-order chi connectivity index (χ1) is 12.5. The lowest BCUT2D eigenvalue weighted by Crippen LogP contribution is -2.17. The minimum atomic E-state index is -0.466. The number of nitrogens with one attached hydrogen (secondary N) is 1. The summed E-state index contributed by atoms with van der Waals surface area (Å²) in [5.41, 5.74) is 3.44. The van der Waals surface area contributed by atoms with E-state index in [1.807, 2.05) is 0 Å². The van der Waals surface area contributed by atoms with Gasteiger partial charge >= 0.3 is 0 Å². The monoisotopic (exact) mass is 413 g/mol. The van der Waals surface area contributed by atoms with Gasteiger partial charge in [-0.05, 0) is 36.4 Å². The van der Waals surface area contributed by atoms with Crippen molar-refractivity contribution in [2.75, 3.05) is 0 Å². The lowest BCUT2D eigenvalue weighted by molar-refractivity contribution is -0.384. The van der Waals surface area contributed by atoms with Crippen LogP contribution in [-0.4, -0.2) is 17.0 Å². The second-order valence-corrected chi connectivity index (χ2v) is 6.13. The number of halogens is 1. The van der Waals surface area contributed by atoms with Crippen molar-refractivity contribution in [2.24, 2.45) is 5.10 Å². The Labute approximate surface area is 156 Å². The minimum Gasteiger partial charge on any atom is -0.455 e. The summed E-state index contributed by atoms with van der Waals surface area (Å²) in [7, 11) is 0. The fraction of sp³-hybridized carbons (Fsp3) is 0. The van der Waals surface area contributed by atoms with Crippen LogP contribution in [0.1, 0.15) is 16.1 Å². The van der Waals surface area contributed by atoms with Gasteiger partial charge < -0.3 is 4.42 Å². The summed E-state index contributed by atoms with van der Waals surface area (Å²) in [6.07, 6.45) is 1.36. The molecule has 3 rings (SSSR count). The lowest BCUT2D eigenvalue weighted by Gasteiger charge is -1.99. The van der Waals surface area contributed by atoms with Crippen LogP contribution in [0.4, 0.5) is 5.69 Å². The Morgan fingerprint density at radius 3 is 2.65 bits per heavy atom. The molecule has 0 radical (unpaired) electrons. The van der Waals surface area contributed by atoms with Crippen molar-refractivity contribution in [2.45, 2.75) is 0 Å². The van der Waals surface area contributed by atoms with Crippen molar-refractivity contribution in [3.05, 3.63) is 86.6 Å². The Bertz CT molecular complexity index is 980. The van der Waals surface area contributed by atoms with Crippen LogP contribution in [0.15, 0.2) is 74.7 Å². The third-order valence-corrected chi connectivity index (χ3v) is 3.96. The zero-order valence-corrected chi connectivity index (χ0v) is 14.8. The van der Waals surface area contributed by atoms with Crippen molar-refractivity contribution in [1.29, 1.82) is 0 Å². The highest BCUT2D eigenvalue weighted by Gasteiger charge is 2.10. The number of carbonyl (C=O) groups excluding carboxylic acids is 1. The third kappa shape index (κ3) is 4.22. The molecular weight excluding hydrogens is 402 g/mol. The number of carbonyl (C=O) groups is 1. The van der Waals surface area contributed by atoms with Crippen LogP contribution >= 0.6 is 15.9 Å². The predicted octanol–water partition coefficient (Wildman–Crippen LogP) is 4.38. The van der Waals surface area contributed by atoms with Crippen LogP contribution in [0.3, 0.4) is 0 Å². The molecule has 1 heterocycles. The van der Waals surface area contributed by atoms with Crippen LogP contribution in [0.5, 0.6) is 0 Å². The number of hydrogen-bond donors (Lipinski definition) is 1. The van der Waals surface area contributed by atoms with E-state index in [9.17, 15) is 14.9 Å². The first-order valence-corrected chi connectivity index (χ1v) is 8.26. The van der Waals surface area contributed by atoms with Crippen LogP contribution in [0, 0.1) is 10.1 Å². The van der Waals surface area contributed by atoms with Gasteiger partial charge in [0.15, 0.2) is 0 Å². The maximum Gasteiger partial charge on any atom is 0.271 e. The Balaban J connectivity index is 1.67. The Morgan fingerprint density at radius 2 is 1.92 bits per heavy atom. The van der Waals surface area contributed by atoms with Crippen LogP contribution in [-0.2, 0) is 0 Å². The molecule has 0 aliphatic rings. The SMILES string of the molecule is O=C(NN=Cc1ccc(-c2cccc([N+](=O)[O-])c2)o1)c1ccc(Br)cc1. The quantitative estimate of drug-likeness (QED) is 0.381. The molecule has 1 amide bonds. The van der Waals surface area contributed by atoms with Gasteiger partial charge in [0.2, 0.25) is 0 Å². The molecule has 2 aromatic carbocycles. The molecule has 0 unspecified atom stereocenters. The standard InChI is InChI=1S/C18H12BrN3O4/c19-14-6-4-12(5-7-14)18(23)21-20-11-16-8-9-17(26-16)13-2-1-3-15(10-13)22(24)25/h1-11H,(H,21,23). The van der Waals surface area contributed by atoms with E-state index in [-0.39, 0.29) is 11.6 Å². The van der Waals surface area contributed by atoms with Crippen molar-refractivity contribution in [3.8, 4) is 11.3 Å². The molecule has 130 valence electrons. The van der Waals surface area contributed by atoms with E-state index in [1.165, 1.54) is 18.3 Å². The Hall–Kier alpha value is -3.26. The first kappa shape index (κ1) is 17.6. The molecule has 0 aliphatic carbocycles. The van der Waals surface area contributed by atoms with Crippen molar-refractivity contribution in [1.82, 2.24) is 5.43 Å². The molecule has 0 saturated carbocycles. The van der Waals surface area contributed by atoms with Gasteiger partial charge in [-0.2, -0.15) is 5.10 Å². The van der Waals surface area contributed by atoms with Gasteiger partial charge in [0.05, 0.1) is 11.1 Å². The normalized spacial score (nSPS) is 10.8. The Morgan fingerprint density at radius 1 is 1.15 bits per heavy atom. The summed E-state index contributed by atoms with van der Waals surface area (Å²) in [5, 5.41) is 14.7. The zero-order chi connectivity index (χ0) is 18.5. The molecule has 26 heavy (non-hydrogen) atoms. The number of hydrazone groups is 1. The average molecular weight is 414 g/mol. The van der Waals surface area contributed by atoms with E-state index in [1.54, 1.807) is 48.5 Å². The summed E-state index contributed by atoms with van der Waals surface area (Å²) < 4.78 is 6.45. The number of nitrogens with zero attached hydrogens (tertiary/aromatic N) is 2. The molecule has 3 aromatic rings. The number of benzene rings is 2. The van der Waals surface area contributed by atoms with Crippen LogP contribution < -0.4 is 5.43 Å². The molecule has 0 bridgehead atoms. The van der Waals surface area contributed by atoms with Crippen LogP contribution in [0.25, 0.3) is 11.3 Å². The van der Waals surface area contributed by atoms with Crippen molar-refractivity contribution < 1.29 is 14.1 Å². The van der Waals surface area contributed by atoms with Gasteiger partial charge in [-0.3, -0.25) is 14.9 Å². The van der Waals surface area contributed by atoms with Gasteiger partial charge in [-0.25, -0.2) is 5.43 Å². The number of hydrogen-bond acceptors (Lipinski definition) is 5. The highest BCUT2D eigenvalue weighted by Crippen LogP contribution is 2.25. The fourth-order valence-electron chi connectivity index (χ4n) is 2.17. The number of rotatable bonds is 5. The molecule has 7 nitrogen and oxygen atoms in total. The molecule has 0 fully saturated rings. The average Bonchev–Trinajstić information content (AvgIpc) is 3.11. The topological polar surface area (TPSA) is 97.7 Å². The molecule has 1 aromatic heterocycles. The van der Waals surface area contributed by atoms with Crippen LogP contribution in [0.2, 0.25) is 0 Å². The molecule has 8 heteroatoms. The van der Waals surface area contributed by atoms with E-state index in [0.29, 0.717) is 22.6 Å². The maximum atomic E-state index is 11.9. The predicted molar refractivity (Wildman–Crippen MR) is 100 cm³/mol. The number of nitro groups is 1. The minimum absolute atomic E-state index is 0.0177. The highest BCUT2D eigenvalue weighted by atomic mass is 79.9. The summed E-state index contributed by atoms with van der Waals surface area (Å²) in [6.45, 7) is 0. The molecule has 1 N–H and O–H groups in total. The Kier molecular flexibility index (Phi) is 5.23. The highest BCUT2D eigenvalue weighted by molar-refractivity contribution is 9.10. The number of furan rings is 1. The van der Waals surface area contributed by atoms with Gasteiger partial charge in [-0.15, -0.1) is 0 Å². The fourth-order valence-corrected chi connectivity index (χ4v) is 2.43. The lowest BCUT2D eigenvalue weighted by atomic mass is 10.1. The number of non-ortho nitro benzene ring substituents is 1. The summed E-state index contributed by atoms with van der Waals surface area (Å²) in [5.74, 6) is 0.524. The summed E-state index contributed by atoms with van der Waals surface area (Å²) >= 11 is 3.30. The molecular formula is C18H12BrN3O4. The van der Waals surface area contributed by atoms with E-state index < -0.39 is 4.92 Å². The van der Waals surface area contributed by atoms with E-state index in [4.69, 9.17) is 4.42 Å². The van der Waals surface area contributed by atoms with Gasteiger partial charge in [-0.1, -0.05) is 28.1 Å². The van der Waals surface area contributed by atoms with Gasteiger partial charge in [0, 0.05) is 27.7 Å². The second kappa shape index (κ2) is 7.75. The van der Waals surface area contributed by atoms with Crippen molar-refractivity contribution >= 4 is 33.7 Å². The third-order valence-electron chi connectivity index (χ3n) is 3.43.